The summed E-state index contributed by atoms with van der Waals surface area (Å²) >= 11 is 20.0. The van der Waals surface area contributed by atoms with Crippen molar-refractivity contribution in [2.24, 2.45) is 0 Å². The number of halogens is 3. The van der Waals surface area contributed by atoms with Gasteiger partial charge in [0, 0.05) is 5.56 Å². The van der Waals surface area contributed by atoms with Gasteiger partial charge in [-0.2, -0.15) is 0 Å². The van der Waals surface area contributed by atoms with Gasteiger partial charge in [-0.3, -0.25) is 0 Å². The van der Waals surface area contributed by atoms with Crippen molar-refractivity contribution in [2.75, 3.05) is 7.11 Å². The molecule has 102 valence electrons. The van der Waals surface area contributed by atoms with Crippen molar-refractivity contribution < 1.29 is 4.74 Å². The van der Waals surface area contributed by atoms with Gasteiger partial charge in [-0.05, 0) is 36.6 Å². The van der Waals surface area contributed by atoms with Crippen molar-refractivity contribution >= 4 is 46.1 Å². The normalized spacial score (nSPS) is 12.5. The second-order valence-corrected chi connectivity index (χ2v) is 7.05. The minimum Gasteiger partial charge on any atom is -0.496 e. The molecule has 0 aliphatic carbocycles. The van der Waals surface area contributed by atoms with Crippen LogP contribution in [0.3, 0.4) is 0 Å². The number of benzene rings is 1. The van der Waals surface area contributed by atoms with Crippen LogP contribution in [0, 0.1) is 13.8 Å². The van der Waals surface area contributed by atoms with Crippen molar-refractivity contribution in [3.05, 3.63) is 49.1 Å². The van der Waals surface area contributed by atoms with Gasteiger partial charge in [0.05, 0.1) is 21.2 Å². The molecule has 1 aromatic carbocycles. The fourth-order valence-electron chi connectivity index (χ4n) is 2.16. The first-order valence-corrected chi connectivity index (χ1v) is 7.69. The Hall–Kier alpha value is -0.410. The summed E-state index contributed by atoms with van der Waals surface area (Å²) in [7, 11) is 1.67. The Balaban J connectivity index is 2.45. The van der Waals surface area contributed by atoms with Crippen LogP contribution in [0.4, 0.5) is 0 Å². The number of aryl methyl sites for hydroxylation is 2. The third-order valence-corrected chi connectivity index (χ3v) is 4.94. The Kier molecular flexibility index (Phi) is 4.67. The first-order valence-electron chi connectivity index (χ1n) is 5.68. The van der Waals surface area contributed by atoms with Crippen molar-refractivity contribution in [2.45, 2.75) is 19.2 Å². The van der Waals surface area contributed by atoms with E-state index in [0.717, 1.165) is 28.0 Å². The second kappa shape index (κ2) is 5.92. The van der Waals surface area contributed by atoms with Crippen LogP contribution in [0.15, 0.2) is 18.2 Å². The Morgan fingerprint density at radius 2 is 1.68 bits per heavy atom. The molecule has 0 spiro atoms. The van der Waals surface area contributed by atoms with Gasteiger partial charge in [0.15, 0.2) is 0 Å². The maximum absolute atomic E-state index is 6.51. The van der Waals surface area contributed by atoms with Crippen molar-refractivity contribution in [3.8, 4) is 5.75 Å². The van der Waals surface area contributed by atoms with Gasteiger partial charge in [-0.25, -0.2) is 0 Å². The average Bonchev–Trinajstić information content (AvgIpc) is 2.67. The Bertz CT molecular complexity index is 584. The molecule has 0 radical (unpaired) electrons. The molecule has 1 atom stereocenters. The molecule has 1 aromatic heterocycles. The number of thiophene rings is 1. The van der Waals surface area contributed by atoms with E-state index in [2.05, 4.69) is 0 Å². The lowest BCUT2D eigenvalue weighted by Crippen LogP contribution is -1.97. The van der Waals surface area contributed by atoms with Gasteiger partial charge >= 0.3 is 0 Å². The fraction of sp³-hybridized carbons (Fsp3) is 0.286. The van der Waals surface area contributed by atoms with Gasteiger partial charge in [0.1, 0.15) is 5.75 Å². The van der Waals surface area contributed by atoms with Gasteiger partial charge in [0.25, 0.3) is 0 Å². The molecular formula is C14H13Cl3OS. The van der Waals surface area contributed by atoms with Crippen LogP contribution in [0.1, 0.15) is 27.6 Å². The number of rotatable bonds is 3. The summed E-state index contributed by atoms with van der Waals surface area (Å²) in [6.07, 6.45) is 0. The lowest BCUT2D eigenvalue weighted by atomic mass is 10.0. The highest BCUT2D eigenvalue weighted by molar-refractivity contribution is 7.20. The summed E-state index contributed by atoms with van der Waals surface area (Å²) in [4.78, 5) is 0. The molecule has 5 heteroatoms. The summed E-state index contributed by atoms with van der Waals surface area (Å²) < 4.78 is 6.64. The molecule has 0 N–H and O–H groups in total. The molecule has 0 fully saturated rings. The molecule has 1 heterocycles. The molecule has 0 amide bonds. The van der Waals surface area contributed by atoms with E-state index in [1.54, 1.807) is 7.11 Å². The number of hydrogen-bond donors (Lipinski definition) is 0. The fourth-order valence-corrected chi connectivity index (χ4v) is 4.11. The summed E-state index contributed by atoms with van der Waals surface area (Å²) in [6.45, 7) is 4.00. The van der Waals surface area contributed by atoms with E-state index >= 15 is 0 Å². The van der Waals surface area contributed by atoms with Crippen molar-refractivity contribution in [3.63, 3.8) is 0 Å². The molecule has 2 aromatic rings. The zero-order valence-corrected chi connectivity index (χ0v) is 13.8. The van der Waals surface area contributed by atoms with Gasteiger partial charge in [0.2, 0.25) is 0 Å². The third kappa shape index (κ3) is 3.03. The summed E-state index contributed by atoms with van der Waals surface area (Å²) in [5.41, 5.74) is 3.96. The van der Waals surface area contributed by atoms with Crippen LogP contribution in [0.25, 0.3) is 0 Å². The number of methoxy groups -OCH3 is 1. The molecule has 0 aliphatic rings. The average molecular weight is 336 g/mol. The van der Waals surface area contributed by atoms with Gasteiger partial charge in [-0.1, -0.05) is 35.3 Å². The number of alkyl halides is 1. The molecule has 0 saturated carbocycles. The topological polar surface area (TPSA) is 9.23 Å². The highest BCUT2D eigenvalue weighted by Gasteiger charge is 2.19. The smallest absolute Gasteiger partial charge is 0.124 e. The Labute approximate surface area is 132 Å². The molecule has 0 saturated heterocycles. The first-order chi connectivity index (χ1) is 8.93. The largest absolute Gasteiger partial charge is 0.496 e. The van der Waals surface area contributed by atoms with Crippen molar-refractivity contribution in [1.29, 1.82) is 0 Å². The summed E-state index contributed by atoms with van der Waals surface area (Å²) in [5.74, 6) is 0.891. The minimum absolute atomic E-state index is 0.306. The quantitative estimate of drug-likeness (QED) is 0.624. The lowest BCUT2D eigenvalue weighted by molar-refractivity contribution is 0.408. The highest BCUT2D eigenvalue weighted by Crippen LogP contribution is 2.41. The van der Waals surface area contributed by atoms with Crippen LogP contribution in [-0.4, -0.2) is 7.11 Å². The lowest BCUT2D eigenvalue weighted by Gasteiger charge is -2.14. The Morgan fingerprint density at radius 3 is 2.11 bits per heavy atom. The molecule has 0 aliphatic heterocycles. The maximum atomic E-state index is 6.51. The van der Waals surface area contributed by atoms with E-state index in [1.165, 1.54) is 11.3 Å². The Morgan fingerprint density at radius 1 is 1.11 bits per heavy atom. The van der Waals surface area contributed by atoms with Gasteiger partial charge in [-0.15, -0.1) is 22.9 Å². The van der Waals surface area contributed by atoms with Crippen molar-refractivity contribution in [1.82, 2.24) is 0 Å². The highest BCUT2D eigenvalue weighted by atomic mass is 35.5. The van der Waals surface area contributed by atoms with E-state index < -0.39 is 0 Å². The predicted octanol–water partition coefficient (Wildman–Crippen LogP) is 6.01. The van der Waals surface area contributed by atoms with E-state index in [0.29, 0.717) is 8.67 Å². The number of ether oxygens (including phenoxy) is 1. The molecule has 0 bridgehead atoms. The predicted molar refractivity (Wildman–Crippen MR) is 84.5 cm³/mol. The van der Waals surface area contributed by atoms with Crippen LogP contribution in [-0.2, 0) is 0 Å². The SMILES string of the molecule is COc1c(C)cc(C(Cl)c2cc(Cl)sc2Cl)cc1C. The zero-order chi connectivity index (χ0) is 14.2. The monoisotopic (exact) mass is 334 g/mol. The third-order valence-electron chi connectivity index (χ3n) is 2.94. The molecule has 1 nitrogen and oxygen atoms in total. The van der Waals surface area contributed by atoms with Crippen LogP contribution in [0.2, 0.25) is 8.67 Å². The standard InChI is InChI=1S/C14H13Cl3OS/c1-7-4-9(5-8(2)13(7)18-3)12(16)10-6-11(15)19-14(10)17/h4-6,12H,1-3H3. The molecule has 19 heavy (non-hydrogen) atoms. The minimum atomic E-state index is -0.306. The molecule has 1 unspecified atom stereocenters. The second-order valence-electron chi connectivity index (χ2n) is 4.33. The van der Waals surface area contributed by atoms with Crippen LogP contribution < -0.4 is 4.74 Å². The van der Waals surface area contributed by atoms with E-state index in [1.807, 2.05) is 32.0 Å². The summed E-state index contributed by atoms with van der Waals surface area (Å²) in [6, 6.07) is 5.86. The molecule has 2 rings (SSSR count). The number of hydrogen-bond acceptors (Lipinski definition) is 2. The van der Waals surface area contributed by atoms with Gasteiger partial charge < -0.3 is 4.74 Å². The maximum Gasteiger partial charge on any atom is 0.124 e. The summed E-state index contributed by atoms with van der Waals surface area (Å²) in [5, 5.41) is -0.306. The zero-order valence-electron chi connectivity index (χ0n) is 10.8. The molecular weight excluding hydrogens is 323 g/mol. The van der Waals surface area contributed by atoms with E-state index in [9.17, 15) is 0 Å². The first kappa shape index (κ1) is 15.0. The van der Waals surface area contributed by atoms with Crippen LogP contribution >= 0.6 is 46.1 Å². The van der Waals surface area contributed by atoms with E-state index in [-0.39, 0.29) is 5.38 Å². The van der Waals surface area contributed by atoms with Crippen LogP contribution in [0.5, 0.6) is 5.75 Å². The van der Waals surface area contributed by atoms with E-state index in [4.69, 9.17) is 39.5 Å².